The van der Waals surface area contributed by atoms with Gasteiger partial charge in [0.1, 0.15) is 11.6 Å². The number of halogens is 1. The Labute approximate surface area is 203 Å². The van der Waals surface area contributed by atoms with E-state index in [9.17, 15) is 14.0 Å². The number of ether oxygens (including phenoxy) is 1. The smallest absolute Gasteiger partial charge is 0.280 e. The van der Waals surface area contributed by atoms with Crippen molar-refractivity contribution in [3.63, 3.8) is 0 Å². The summed E-state index contributed by atoms with van der Waals surface area (Å²) in [6.07, 6.45) is 4.52. The first-order valence-corrected chi connectivity index (χ1v) is 11.1. The number of hydrogen-bond donors (Lipinski definition) is 1. The lowest BCUT2D eigenvalue weighted by Crippen LogP contribution is -2.35. The van der Waals surface area contributed by atoms with E-state index in [0.29, 0.717) is 22.5 Å². The molecule has 0 unspecified atom stereocenters. The zero-order valence-corrected chi connectivity index (χ0v) is 18.8. The van der Waals surface area contributed by atoms with Crippen LogP contribution < -0.4 is 15.7 Å². The van der Waals surface area contributed by atoms with Gasteiger partial charge in [0, 0.05) is 23.3 Å². The van der Waals surface area contributed by atoms with Crippen molar-refractivity contribution < 1.29 is 13.9 Å². The zero-order chi connectivity index (χ0) is 24.6. The number of benzene rings is 3. The van der Waals surface area contributed by atoms with Crippen molar-refractivity contribution in [3.8, 4) is 16.9 Å². The second kappa shape index (κ2) is 8.62. The van der Waals surface area contributed by atoms with E-state index in [1.807, 2.05) is 36.4 Å². The molecule has 3 heterocycles. The van der Waals surface area contributed by atoms with E-state index in [1.165, 1.54) is 24.5 Å². The van der Waals surface area contributed by atoms with Crippen LogP contribution in [0, 0.1) is 5.82 Å². The van der Waals surface area contributed by atoms with Gasteiger partial charge in [0.05, 0.1) is 17.1 Å². The number of pyridine rings is 1. The van der Waals surface area contributed by atoms with Gasteiger partial charge in [-0.05, 0) is 35.2 Å². The van der Waals surface area contributed by atoms with E-state index >= 15 is 0 Å². The van der Waals surface area contributed by atoms with Gasteiger partial charge in [0.15, 0.2) is 12.3 Å². The summed E-state index contributed by atoms with van der Waals surface area (Å²) < 4.78 is 21.7. The van der Waals surface area contributed by atoms with Crippen LogP contribution in [0.2, 0.25) is 0 Å². The van der Waals surface area contributed by atoms with Gasteiger partial charge >= 0.3 is 0 Å². The maximum absolute atomic E-state index is 13.3. The van der Waals surface area contributed by atoms with Crippen molar-refractivity contribution in [3.05, 3.63) is 108 Å². The first-order valence-electron chi connectivity index (χ1n) is 11.1. The van der Waals surface area contributed by atoms with Gasteiger partial charge in [-0.3, -0.25) is 15.0 Å². The average Bonchev–Trinajstić information content (AvgIpc) is 3.34. The molecule has 1 N–H and O–H groups in total. The summed E-state index contributed by atoms with van der Waals surface area (Å²) in [5.41, 5.74) is 4.61. The summed E-state index contributed by atoms with van der Waals surface area (Å²) in [4.78, 5) is 30.0. The molecule has 6 rings (SSSR count). The van der Waals surface area contributed by atoms with Gasteiger partial charge in [-0.2, -0.15) is 5.10 Å². The largest absolute Gasteiger partial charge is 0.483 e. The Kier molecular flexibility index (Phi) is 5.15. The molecule has 0 radical (unpaired) electrons. The van der Waals surface area contributed by atoms with Crippen LogP contribution in [0.25, 0.3) is 38.4 Å². The lowest BCUT2D eigenvalue weighted by Gasteiger charge is -2.12. The third-order valence-corrected chi connectivity index (χ3v) is 5.90. The molecule has 1 amide bonds. The Balaban J connectivity index is 1.26. The van der Waals surface area contributed by atoms with E-state index in [4.69, 9.17) is 4.74 Å². The molecule has 36 heavy (non-hydrogen) atoms. The molecule has 9 heteroatoms. The molecule has 0 saturated carbocycles. The molecule has 8 nitrogen and oxygen atoms in total. The number of aromatic nitrogens is 4. The number of nitrogens with zero attached hydrogens (tertiary/aromatic N) is 4. The van der Waals surface area contributed by atoms with Crippen LogP contribution in [0.4, 0.5) is 4.39 Å². The first-order chi connectivity index (χ1) is 17.6. The van der Waals surface area contributed by atoms with Crippen molar-refractivity contribution in [2.75, 3.05) is 12.0 Å². The Morgan fingerprint density at radius 2 is 1.75 bits per heavy atom. The number of amides is 1. The minimum Gasteiger partial charge on any atom is -0.483 e. The molecule has 6 aromatic rings. The molecule has 0 bridgehead atoms. The number of nitrogens with one attached hydrogen (secondary N) is 1. The van der Waals surface area contributed by atoms with Crippen molar-refractivity contribution >= 4 is 33.2 Å². The van der Waals surface area contributed by atoms with Gasteiger partial charge in [0.25, 0.3) is 11.5 Å². The van der Waals surface area contributed by atoms with Crippen molar-refractivity contribution in [1.29, 1.82) is 0 Å². The predicted octanol–water partition coefficient (Wildman–Crippen LogP) is 4.15. The van der Waals surface area contributed by atoms with E-state index < -0.39 is 11.5 Å². The Morgan fingerprint density at radius 3 is 2.61 bits per heavy atom. The lowest BCUT2D eigenvalue weighted by atomic mass is 10.1. The molecule has 0 aliphatic carbocycles. The van der Waals surface area contributed by atoms with Crippen LogP contribution in [0.1, 0.15) is 0 Å². The number of carbonyl (C=O) groups is 1. The third kappa shape index (κ3) is 3.72. The van der Waals surface area contributed by atoms with Crippen LogP contribution in [0.3, 0.4) is 0 Å². The second-order valence-corrected chi connectivity index (χ2v) is 8.15. The van der Waals surface area contributed by atoms with Crippen LogP contribution in [-0.4, -0.2) is 31.8 Å². The number of carbonyl (C=O) groups excluding carboxylic acids is 1. The highest BCUT2D eigenvalue weighted by atomic mass is 19.1. The average molecular weight is 479 g/mol. The molecule has 0 atom stereocenters. The highest BCUT2D eigenvalue weighted by molar-refractivity contribution is 5.90. The van der Waals surface area contributed by atoms with Crippen LogP contribution in [0.15, 0.2) is 96.2 Å². The lowest BCUT2D eigenvalue weighted by molar-refractivity contribution is -0.119. The van der Waals surface area contributed by atoms with Gasteiger partial charge < -0.3 is 4.74 Å². The summed E-state index contributed by atoms with van der Waals surface area (Å²) in [6.45, 7) is -0.268. The Hall–Kier alpha value is -5.05. The normalized spacial score (nSPS) is 11.2. The summed E-state index contributed by atoms with van der Waals surface area (Å²) >= 11 is 0. The van der Waals surface area contributed by atoms with Crippen molar-refractivity contribution in [1.82, 2.24) is 19.3 Å². The summed E-state index contributed by atoms with van der Waals surface area (Å²) in [6, 6.07) is 21.0. The van der Waals surface area contributed by atoms with Gasteiger partial charge in [0.2, 0.25) is 0 Å². The van der Waals surface area contributed by atoms with E-state index in [2.05, 4.69) is 15.5 Å². The van der Waals surface area contributed by atoms with Crippen molar-refractivity contribution in [2.45, 2.75) is 0 Å². The fourth-order valence-corrected chi connectivity index (χ4v) is 4.17. The van der Waals surface area contributed by atoms with E-state index in [-0.39, 0.29) is 17.8 Å². The van der Waals surface area contributed by atoms with Gasteiger partial charge in [-0.15, -0.1) is 0 Å². The molecule has 0 saturated heterocycles. The molecule has 0 aliphatic heterocycles. The molecule has 176 valence electrons. The first kappa shape index (κ1) is 21.5. The molecule has 0 aliphatic rings. The second-order valence-electron chi connectivity index (χ2n) is 8.15. The zero-order valence-electron chi connectivity index (χ0n) is 18.8. The van der Waals surface area contributed by atoms with E-state index in [1.54, 1.807) is 35.0 Å². The topological polar surface area (TPSA) is 90.5 Å². The van der Waals surface area contributed by atoms with Crippen LogP contribution in [0.5, 0.6) is 5.75 Å². The minimum absolute atomic E-state index is 0.268. The number of fused-ring (bicyclic) bond motifs is 4. The Morgan fingerprint density at radius 1 is 0.944 bits per heavy atom. The number of rotatable bonds is 5. The highest BCUT2D eigenvalue weighted by Gasteiger charge is 2.14. The SMILES string of the molecule is O=C(COc1cccc2ccccc12)Nn1ccc2c(cnc3c(-c4ccc(F)cc4)cnn32)c1=O. The summed E-state index contributed by atoms with van der Waals surface area (Å²) in [5.74, 6) is -0.244. The predicted molar refractivity (Wildman–Crippen MR) is 134 cm³/mol. The Bertz CT molecular complexity index is 1820. The minimum atomic E-state index is -0.490. The highest BCUT2D eigenvalue weighted by Crippen LogP contribution is 2.26. The summed E-state index contributed by atoms with van der Waals surface area (Å²) in [5, 5.41) is 6.54. The van der Waals surface area contributed by atoms with Gasteiger partial charge in [-0.25, -0.2) is 18.6 Å². The molecule has 3 aromatic carbocycles. The molecule has 0 spiro atoms. The van der Waals surface area contributed by atoms with Crippen LogP contribution in [-0.2, 0) is 4.79 Å². The molecule has 3 aromatic heterocycles. The number of hydrogen-bond acceptors (Lipinski definition) is 5. The molecular formula is C27H18FN5O3. The van der Waals surface area contributed by atoms with Crippen molar-refractivity contribution in [2.24, 2.45) is 0 Å². The molecule has 0 fully saturated rings. The quantitative estimate of drug-likeness (QED) is 0.401. The maximum Gasteiger partial charge on any atom is 0.280 e. The fourth-order valence-electron chi connectivity index (χ4n) is 4.17. The summed E-state index contributed by atoms with van der Waals surface area (Å²) in [7, 11) is 0. The monoisotopic (exact) mass is 479 g/mol. The third-order valence-electron chi connectivity index (χ3n) is 5.90. The molecular weight excluding hydrogens is 461 g/mol. The van der Waals surface area contributed by atoms with Gasteiger partial charge in [-0.1, -0.05) is 48.5 Å². The standard InChI is InChI=1S/C27H18FN5O3/c28-19-10-8-18(9-11-19)21-15-30-33-23-12-13-32(27(35)22(23)14-29-26(21)33)31-25(34)16-36-24-7-3-5-17-4-1-2-6-20(17)24/h1-15H,16H2,(H,31,34). The fraction of sp³-hybridized carbons (Fsp3) is 0.0370. The van der Waals surface area contributed by atoms with E-state index in [0.717, 1.165) is 21.0 Å². The van der Waals surface area contributed by atoms with Crippen LogP contribution >= 0.6 is 0 Å². The maximum atomic E-state index is 13.3.